The number of benzene rings is 1. The number of hydrogen-bond acceptors (Lipinski definition) is 6. The minimum Gasteiger partial charge on any atom is -0.330 e. The van der Waals surface area contributed by atoms with Crippen LogP contribution in [0.25, 0.3) is 0 Å². The van der Waals surface area contributed by atoms with Crippen molar-refractivity contribution in [2.24, 2.45) is 5.73 Å². The topological polar surface area (TPSA) is 99.9 Å². The molecule has 0 bridgehead atoms. The van der Waals surface area contributed by atoms with Crippen molar-refractivity contribution in [1.29, 1.82) is 0 Å². The number of hydrogen-bond donors (Lipinski definition) is 1. The van der Waals surface area contributed by atoms with Gasteiger partial charge in [-0.2, -0.15) is 0 Å². The first kappa shape index (κ1) is 15.5. The maximum atomic E-state index is 11.2. The molecule has 1 heterocycles. The molecular formula is C13H17N5O2S. The third-order valence-corrected chi connectivity index (χ3v) is 4.04. The average molecular weight is 307 g/mol. The van der Waals surface area contributed by atoms with Gasteiger partial charge in [0.1, 0.15) is 5.82 Å². The van der Waals surface area contributed by atoms with E-state index < -0.39 is 0 Å². The molecular weight excluding hydrogens is 290 g/mol. The molecule has 0 fully saturated rings. The number of rotatable bonds is 6. The van der Waals surface area contributed by atoms with Crippen molar-refractivity contribution < 1.29 is 4.92 Å². The maximum Gasteiger partial charge on any atom is 0.283 e. The Morgan fingerprint density at radius 3 is 2.81 bits per heavy atom. The second-order valence-electron chi connectivity index (χ2n) is 4.51. The van der Waals surface area contributed by atoms with E-state index in [1.165, 1.54) is 11.8 Å². The van der Waals surface area contributed by atoms with Gasteiger partial charge in [-0.3, -0.25) is 10.1 Å². The summed E-state index contributed by atoms with van der Waals surface area (Å²) in [6.07, 6.45) is 0.636. The molecule has 0 aliphatic carbocycles. The summed E-state index contributed by atoms with van der Waals surface area (Å²) in [5, 5.41) is 20.0. The van der Waals surface area contributed by atoms with Gasteiger partial charge in [0.05, 0.1) is 9.82 Å². The summed E-state index contributed by atoms with van der Waals surface area (Å²) in [7, 11) is 0. The molecule has 8 heteroatoms. The normalized spacial score (nSPS) is 10.8. The Labute approximate surface area is 126 Å². The number of nitro benzene ring substituents is 1. The molecule has 112 valence electrons. The van der Waals surface area contributed by atoms with Crippen LogP contribution in [0.15, 0.2) is 28.3 Å². The molecule has 0 aliphatic heterocycles. The van der Waals surface area contributed by atoms with Crippen molar-refractivity contribution in [2.45, 2.75) is 36.9 Å². The summed E-state index contributed by atoms with van der Waals surface area (Å²) in [6, 6.07) is 5.16. The van der Waals surface area contributed by atoms with Crippen molar-refractivity contribution in [2.75, 3.05) is 6.54 Å². The molecule has 1 aromatic heterocycles. The van der Waals surface area contributed by atoms with Gasteiger partial charge in [-0.1, -0.05) is 6.07 Å². The molecule has 0 saturated carbocycles. The van der Waals surface area contributed by atoms with E-state index in [0.29, 0.717) is 29.6 Å². The van der Waals surface area contributed by atoms with E-state index >= 15 is 0 Å². The highest BCUT2D eigenvalue weighted by Crippen LogP contribution is 2.34. The number of nitro groups is 1. The van der Waals surface area contributed by atoms with Gasteiger partial charge in [-0.05, 0) is 43.8 Å². The van der Waals surface area contributed by atoms with Gasteiger partial charge in [0.2, 0.25) is 0 Å². The van der Waals surface area contributed by atoms with Crippen LogP contribution in [0.3, 0.4) is 0 Å². The van der Waals surface area contributed by atoms with E-state index in [4.69, 9.17) is 5.73 Å². The summed E-state index contributed by atoms with van der Waals surface area (Å²) >= 11 is 1.26. The lowest BCUT2D eigenvalue weighted by atomic mass is 10.2. The fourth-order valence-corrected chi connectivity index (χ4v) is 2.98. The predicted molar refractivity (Wildman–Crippen MR) is 80.4 cm³/mol. The van der Waals surface area contributed by atoms with Gasteiger partial charge in [0.25, 0.3) is 5.69 Å². The first-order valence-electron chi connectivity index (χ1n) is 6.61. The van der Waals surface area contributed by atoms with E-state index in [1.807, 2.05) is 24.5 Å². The molecule has 2 rings (SSSR count). The highest BCUT2D eigenvalue weighted by molar-refractivity contribution is 7.99. The molecule has 0 saturated heterocycles. The van der Waals surface area contributed by atoms with E-state index in [9.17, 15) is 10.1 Å². The van der Waals surface area contributed by atoms with Gasteiger partial charge in [0, 0.05) is 19.0 Å². The third-order valence-electron chi connectivity index (χ3n) is 2.99. The fourth-order valence-electron chi connectivity index (χ4n) is 1.98. The van der Waals surface area contributed by atoms with Gasteiger partial charge in [-0.25, -0.2) is 0 Å². The Balaban J connectivity index is 2.36. The highest BCUT2D eigenvalue weighted by Gasteiger charge is 2.18. The lowest BCUT2D eigenvalue weighted by molar-refractivity contribution is -0.387. The molecule has 0 spiro atoms. The SMILES string of the molecule is CCn1c(CCN)nnc1Sc1ccc(C)cc1[N+](=O)[O-]. The van der Waals surface area contributed by atoms with Gasteiger partial charge in [-0.15, -0.1) is 10.2 Å². The zero-order chi connectivity index (χ0) is 15.4. The number of nitrogens with two attached hydrogens (primary N) is 1. The van der Waals surface area contributed by atoms with Gasteiger partial charge >= 0.3 is 0 Å². The number of aryl methyl sites for hydroxylation is 1. The Bertz CT molecular complexity index is 656. The number of nitrogens with zero attached hydrogens (tertiary/aromatic N) is 4. The quantitative estimate of drug-likeness (QED) is 0.648. The monoisotopic (exact) mass is 307 g/mol. The summed E-state index contributed by atoms with van der Waals surface area (Å²) < 4.78 is 1.93. The minimum atomic E-state index is -0.372. The summed E-state index contributed by atoms with van der Waals surface area (Å²) in [6.45, 7) is 5.00. The van der Waals surface area contributed by atoms with E-state index in [2.05, 4.69) is 10.2 Å². The first-order valence-corrected chi connectivity index (χ1v) is 7.43. The van der Waals surface area contributed by atoms with Gasteiger partial charge in [0.15, 0.2) is 5.16 Å². The first-order chi connectivity index (χ1) is 10.1. The molecule has 2 N–H and O–H groups in total. The molecule has 2 aromatic rings. The zero-order valence-corrected chi connectivity index (χ0v) is 12.8. The standard InChI is InChI=1S/C13H17N5O2S/c1-3-17-12(6-7-14)15-16-13(17)21-11-5-4-9(2)8-10(11)18(19)20/h4-5,8H,3,6-7,14H2,1-2H3. The van der Waals surface area contributed by atoms with Crippen LogP contribution in [0.4, 0.5) is 5.69 Å². The molecule has 0 aliphatic rings. The van der Waals surface area contributed by atoms with Crippen molar-refractivity contribution >= 4 is 17.4 Å². The largest absolute Gasteiger partial charge is 0.330 e. The molecule has 0 atom stereocenters. The second-order valence-corrected chi connectivity index (χ2v) is 5.52. The van der Waals surface area contributed by atoms with Crippen LogP contribution in [0, 0.1) is 17.0 Å². The summed E-state index contributed by atoms with van der Waals surface area (Å²) in [5.41, 5.74) is 6.49. The fraction of sp³-hybridized carbons (Fsp3) is 0.385. The Hall–Kier alpha value is -1.93. The average Bonchev–Trinajstić information content (AvgIpc) is 2.83. The zero-order valence-electron chi connectivity index (χ0n) is 11.9. The van der Waals surface area contributed by atoms with E-state index in [-0.39, 0.29) is 10.6 Å². The Kier molecular flexibility index (Phi) is 4.92. The van der Waals surface area contributed by atoms with Crippen LogP contribution >= 0.6 is 11.8 Å². The predicted octanol–water partition coefficient (Wildman–Crippen LogP) is 2.17. The summed E-state index contributed by atoms with van der Waals surface area (Å²) in [5.74, 6) is 0.803. The smallest absolute Gasteiger partial charge is 0.283 e. The minimum absolute atomic E-state index is 0.0889. The summed E-state index contributed by atoms with van der Waals surface area (Å²) in [4.78, 5) is 11.3. The molecule has 21 heavy (non-hydrogen) atoms. The lowest BCUT2D eigenvalue weighted by Crippen LogP contribution is -2.09. The molecule has 1 aromatic carbocycles. The van der Waals surface area contributed by atoms with Crippen LogP contribution in [-0.2, 0) is 13.0 Å². The van der Waals surface area contributed by atoms with Crippen molar-refractivity contribution in [1.82, 2.24) is 14.8 Å². The maximum absolute atomic E-state index is 11.2. The molecule has 0 unspecified atom stereocenters. The van der Waals surface area contributed by atoms with Crippen LogP contribution in [-0.4, -0.2) is 26.2 Å². The number of aromatic nitrogens is 3. The van der Waals surface area contributed by atoms with Crippen LogP contribution in [0.1, 0.15) is 18.3 Å². The van der Waals surface area contributed by atoms with Crippen LogP contribution in [0.5, 0.6) is 0 Å². The molecule has 0 radical (unpaired) electrons. The second kappa shape index (κ2) is 6.68. The Morgan fingerprint density at radius 1 is 1.43 bits per heavy atom. The highest BCUT2D eigenvalue weighted by atomic mass is 32.2. The van der Waals surface area contributed by atoms with E-state index in [1.54, 1.807) is 12.1 Å². The van der Waals surface area contributed by atoms with Crippen molar-refractivity contribution in [3.05, 3.63) is 39.7 Å². The Morgan fingerprint density at radius 2 is 2.19 bits per heavy atom. The lowest BCUT2D eigenvalue weighted by Gasteiger charge is -2.07. The van der Waals surface area contributed by atoms with Crippen molar-refractivity contribution in [3.63, 3.8) is 0 Å². The van der Waals surface area contributed by atoms with Gasteiger partial charge < -0.3 is 10.3 Å². The van der Waals surface area contributed by atoms with Crippen molar-refractivity contribution in [3.8, 4) is 0 Å². The molecule has 7 nitrogen and oxygen atoms in total. The molecule has 0 amide bonds. The van der Waals surface area contributed by atoms with Crippen LogP contribution < -0.4 is 5.73 Å². The van der Waals surface area contributed by atoms with E-state index in [0.717, 1.165) is 11.4 Å². The third kappa shape index (κ3) is 3.40. The van der Waals surface area contributed by atoms with Crippen LogP contribution in [0.2, 0.25) is 0 Å².